The van der Waals surface area contributed by atoms with Gasteiger partial charge in [0, 0.05) is 16.4 Å². The molecule has 1 aromatic heterocycles. The standard InChI is InChI=1S/C13H12BrN3OS/c14-9-3-1-4-10(7-9)17-12(18)8-19-13-11(15)5-2-6-16-13/h1-7H,8,15H2,(H,17,18). The first-order valence-corrected chi connectivity index (χ1v) is 7.32. The second-order valence-electron chi connectivity index (χ2n) is 3.74. The molecule has 19 heavy (non-hydrogen) atoms. The summed E-state index contributed by atoms with van der Waals surface area (Å²) in [5.41, 5.74) is 7.10. The molecule has 0 unspecified atom stereocenters. The summed E-state index contributed by atoms with van der Waals surface area (Å²) in [5, 5.41) is 3.49. The number of amides is 1. The van der Waals surface area contributed by atoms with Crippen LogP contribution in [-0.4, -0.2) is 16.6 Å². The van der Waals surface area contributed by atoms with Gasteiger partial charge >= 0.3 is 0 Å². The number of nitrogens with one attached hydrogen (secondary N) is 1. The summed E-state index contributed by atoms with van der Waals surface area (Å²) in [6, 6.07) is 11.0. The number of aromatic nitrogens is 1. The number of anilines is 2. The molecule has 0 saturated carbocycles. The maximum atomic E-state index is 11.8. The first-order chi connectivity index (χ1) is 9.15. The van der Waals surface area contributed by atoms with Crippen molar-refractivity contribution < 1.29 is 4.79 Å². The molecule has 1 amide bonds. The second-order valence-corrected chi connectivity index (χ2v) is 5.62. The molecule has 98 valence electrons. The molecule has 6 heteroatoms. The first kappa shape index (κ1) is 13.9. The smallest absolute Gasteiger partial charge is 0.234 e. The van der Waals surface area contributed by atoms with Crippen molar-refractivity contribution in [2.75, 3.05) is 16.8 Å². The van der Waals surface area contributed by atoms with Gasteiger partial charge in [0.2, 0.25) is 5.91 Å². The third-order valence-electron chi connectivity index (χ3n) is 2.25. The molecule has 3 N–H and O–H groups in total. The molecule has 4 nitrogen and oxygen atoms in total. The van der Waals surface area contributed by atoms with E-state index >= 15 is 0 Å². The van der Waals surface area contributed by atoms with Gasteiger partial charge in [0.1, 0.15) is 5.03 Å². The van der Waals surface area contributed by atoms with Crippen LogP contribution in [0.5, 0.6) is 0 Å². The molecular weight excluding hydrogens is 326 g/mol. The van der Waals surface area contributed by atoms with Crippen LogP contribution in [0, 0.1) is 0 Å². The Hall–Kier alpha value is -1.53. The Morgan fingerprint density at radius 2 is 2.21 bits per heavy atom. The molecule has 1 aromatic carbocycles. The largest absolute Gasteiger partial charge is 0.397 e. The summed E-state index contributed by atoms with van der Waals surface area (Å²) >= 11 is 4.67. The first-order valence-electron chi connectivity index (χ1n) is 5.54. The molecule has 0 atom stereocenters. The van der Waals surface area contributed by atoms with E-state index in [-0.39, 0.29) is 11.7 Å². The lowest BCUT2D eigenvalue weighted by molar-refractivity contribution is -0.113. The van der Waals surface area contributed by atoms with Crippen LogP contribution in [0.1, 0.15) is 0 Å². The van der Waals surface area contributed by atoms with Crippen molar-refractivity contribution in [1.82, 2.24) is 4.98 Å². The van der Waals surface area contributed by atoms with E-state index in [0.29, 0.717) is 10.7 Å². The van der Waals surface area contributed by atoms with Gasteiger partial charge in [-0.1, -0.05) is 33.8 Å². The van der Waals surface area contributed by atoms with Crippen molar-refractivity contribution in [3.05, 3.63) is 47.1 Å². The van der Waals surface area contributed by atoms with E-state index in [1.54, 1.807) is 18.3 Å². The zero-order valence-corrected chi connectivity index (χ0v) is 12.4. The highest BCUT2D eigenvalue weighted by Gasteiger charge is 2.06. The summed E-state index contributed by atoms with van der Waals surface area (Å²) in [7, 11) is 0. The van der Waals surface area contributed by atoms with E-state index in [1.807, 2.05) is 24.3 Å². The Balaban J connectivity index is 1.90. The number of carbonyl (C=O) groups is 1. The Morgan fingerprint density at radius 1 is 1.37 bits per heavy atom. The normalized spacial score (nSPS) is 10.2. The van der Waals surface area contributed by atoms with Crippen LogP contribution in [-0.2, 0) is 4.79 Å². The highest BCUT2D eigenvalue weighted by atomic mass is 79.9. The minimum Gasteiger partial charge on any atom is -0.397 e. The minimum absolute atomic E-state index is 0.0897. The lowest BCUT2D eigenvalue weighted by atomic mass is 10.3. The fourth-order valence-corrected chi connectivity index (χ4v) is 2.53. The highest BCUT2D eigenvalue weighted by Crippen LogP contribution is 2.22. The number of nitrogens with zero attached hydrogens (tertiary/aromatic N) is 1. The van der Waals surface area contributed by atoms with Crippen molar-refractivity contribution >= 4 is 45.0 Å². The summed E-state index contributed by atoms with van der Waals surface area (Å²) in [6.07, 6.45) is 1.66. The zero-order chi connectivity index (χ0) is 13.7. The predicted molar refractivity (Wildman–Crippen MR) is 82.1 cm³/mol. The topological polar surface area (TPSA) is 68.0 Å². The van der Waals surface area contributed by atoms with Crippen LogP contribution < -0.4 is 11.1 Å². The average molecular weight is 338 g/mol. The van der Waals surface area contributed by atoms with Crippen LogP contribution in [0.25, 0.3) is 0 Å². The SMILES string of the molecule is Nc1cccnc1SCC(=O)Nc1cccc(Br)c1. The Labute approximate surface area is 123 Å². The Kier molecular flexibility index (Phi) is 4.81. The second kappa shape index (κ2) is 6.58. The number of thioether (sulfide) groups is 1. The lowest BCUT2D eigenvalue weighted by Crippen LogP contribution is -2.14. The highest BCUT2D eigenvalue weighted by molar-refractivity contribution is 9.10. The van der Waals surface area contributed by atoms with Crippen molar-refractivity contribution in [3.63, 3.8) is 0 Å². The van der Waals surface area contributed by atoms with Crippen LogP contribution in [0.2, 0.25) is 0 Å². The van der Waals surface area contributed by atoms with Gasteiger partial charge in [-0.2, -0.15) is 0 Å². The maximum Gasteiger partial charge on any atom is 0.234 e. The fraction of sp³-hybridized carbons (Fsp3) is 0.0769. The molecule has 1 heterocycles. The van der Waals surface area contributed by atoms with Gasteiger partial charge in [0.05, 0.1) is 11.4 Å². The zero-order valence-electron chi connectivity index (χ0n) is 9.97. The number of hydrogen-bond donors (Lipinski definition) is 2. The van der Waals surface area contributed by atoms with Crippen molar-refractivity contribution in [3.8, 4) is 0 Å². The van der Waals surface area contributed by atoms with Crippen LogP contribution in [0.15, 0.2) is 52.1 Å². The summed E-state index contributed by atoms with van der Waals surface area (Å²) in [5.74, 6) is 0.182. The molecule has 0 aliphatic carbocycles. The molecular formula is C13H12BrN3OS. The lowest BCUT2D eigenvalue weighted by Gasteiger charge is -2.06. The quantitative estimate of drug-likeness (QED) is 0.841. The van der Waals surface area contributed by atoms with E-state index in [2.05, 4.69) is 26.2 Å². The number of carbonyl (C=O) groups excluding carboxylic acids is 1. The van der Waals surface area contributed by atoms with Gasteiger partial charge in [-0.05, 0) is 30.3 Å². The van der Waals surface area contributed by atoms with Gasteiger partial charge in [-0.15, -0.1) is 0 Å². The maximum absolute atomic E-state index is 11.8. The van der Waals surface area contributed by atoms with E-state index in [1.165, 1.54) is 11.8 Å². The molecule has 2 rings (SSSR count). The molecule has 0 aliphatic rings. The van der Waals surface area contributed by atoms with Crippen molar-refractivity contribution in [2.24, 2.45) is 0 Å². The summed E-state index contributed by atoms with van der Waals surface area (Å²) < 4.78 is 0.923. The third-order valence-corrected chi connectivity index (χ3v) is 3.76. The van der Waals surface area contributed by atoms with E-state index < -0.39 is 0 Å². The molecule has 0 radical (unpaired) electrons. The van der Waals surface area contributed by atoms with Crippen molar-refractivity contribution in [1.29, 1.82) is 0 Å². The minimum atomic E-state index is -0.0897. The molecule has 0 saturated heterocycles. The van der Waals surface area contributed by atoms with Gasteiger partial charge in [-0.25, -0.2) is 4.98 Å². The Bertz CT molecular complexity index is 592. The summed E-state index contributed by atoms with van der Waals surface area (Å²) in [4.78, 5) is 15.9. The van der Waals surface area contributed by atoms with Crippen molar-refractivity contribution in [2.45, 2.75) is 5.03 Å². The monoisotopic (exact) mass is 337 g/mol. The molecule has 0 spiro atoms. The van der Waals surface area contributed by atoms with Gasteiger partial charge < -0.3 is 11.1 Å². The third kappa shape index (κ3) is 4.25. The molecule has 0 fully saturated rings. The number of pyridine rings is 1. The number of halogens is 1. The van der Waals surface area contributed by atoms with E-state index in [4.69, 9.17) is 5.73 Å². The van der Waals surface area contributed by atoms with Crippen LogP contribution >= 0.6 is 27.7 Å². The summed E-state index contributed by atoms with van der Waals surface area (Å²) in [6.45, 7) is 0. The van der Waals surface area contributed by atoms with E-state index in [0.717, 1.165) is 10.2 Å². The predicted octanol–water partition coefficient (Wildman–Crippen LogP) is 3.16. The van der Waals surface area contributed by atoms with Crippen LogP contribution in [0.4, 0.5) is 11.4 Å². The molecule has 2 aromatic rings. The number of benzene rings is 1. The fourth-order valence-electron chi connectivity index (χ4n) is 1.42. The van der Waals surface area contributed by atoms with Gasteiger partial charge in [0.25, 0.3) is 0 Å². The van der Waals surface area contributed by atoms with E-state index in [9.17, 15) is 4.79 Å². The Morgan fingerprint density at radius 3 is 2.95 bits per heavy atom. The molecule has 0 aliphatic heterocycles. The number of rotatable bonds is 4. The van der Waals surface area contributed by atoms with Gasteiger partial charge in [0.15, 0.2) is 0 Å². The number of nitrogens with two attached hydrogens (primary N) is 1. The van der Waals surface area contributed by atoms with Crippen LogP contribution in [0.3, 0.4) is 0 Å². The number of nitrogen functional groups attached to an aromatic ring is 1. The van der Waals surface area contributed by atoms with Gasteiger partial charge in [-0.3, -0.25) is 4.79 Å². The number of hydrogen-bond acceptors (Lipinski definition) is 4. The molecule has 0 bridgehead atoms. The average Bonchev–Trinajstić information content (AvgIpc) is 2.38.